The Morgan fingerprint density at radius 2 is 2.06 bits per heavy atom. The van der Waals surface area contributed by atoms with Crippen molar-refractivity contribution in [2.45, 2.75) is 44.6 Å². The van der Waals surface area contributed by atoms with Crippen molar-refractivity contribution in [2.24, 2.45) is 5.92 Å². The number of hydrogen-bond donors (Lipinski definition) is 2. The third-order valence-corrected chi connectivity index (χ3v) is 4.00. The van der Waals surface area contributed by atoms with E-state index in [2.05, 4.69) is 11.4 Å². The number of nitrogens with one attached hydrogen (secondary N) is 2. The Labute approximate surface area is 103 Å². The van der Waals surface area contributed by atoms with Gasteiger partial charge in [0.2, 0.25) is 0 Å². The van der Waals surface area contributed by atoms with Gasteiger partial charge in [-0.25, -0.2) is 0 Å². The van der Waals surface area contributed by atoms with Crippen LogP contribution in [0.25, 0.3) is 0 Å². The number of piperidine rings is 1. The SMILES string of the molecule is C[C@@](C#N)(NC(=O)C[NH+]1CCCCC1)C1CC1. The Morgan fingerprint density at radius 1 is 1.41 bits per heavy atom. The van der Waals surface area contributed by atoms with Crippen LogP contribution in [0, 0.1) is 17.2 Å². The van der Waals surface area contributed by atoms with Gasteiger partial charge in [-0.2, -0.15) is 5.26 Å². The van der Waals surface area contributed by atoms with Crippen LogP contribution >= 0.6 is 0 Å². The number of nitriles is 1. The summed E-state index contributed by atoms with van der Waals surface area (Å²) in [7, 11) is 0. The highest BCUT2D eigenvalue weighted by Gasteiger charge is 2.43. The molecule has 1 saturated heterocycles. The van der Waals surface area contributed by atoms with Crippen LogP contribution in [0.15, 0.2) is 0 Å². The molecule has 0 radical (unpaired) electrons. The van der Waals surface area contributed by atoms with E-state index in [1.807, 2.05) is 6.92 Å². The predicted octanol–water partition coefficient (Wildman–Crippen LogP) is -0.136. The second-order valence-corrected chi connectivity index (χ2v) is 5.62. The molecule has 1 amide bonds. The summed E-state index contributed by atoms with van der Waals surface area (Å²) < 4.78 is 0. The van der Waals surface area contributed by atoms with Crippen molar-refractivity contribution >= 4 is 5.91 Å². The van der Waals surface area contributed by atoms with Gasteiger partial charge in [-0.05, 0) is 44.9 Å². The van der Waals surface area contributed by atoms with Crippen LogP contribution in [-0.4, -0.2) is 31.1 Å². The lowest BCUT2D eigenvalue weighted by atomic mass is 9.98. The number of rotatable bonds is 4. The predicted molar refractivity (Wildman–Crippen MR) is 64.3 cm³/mol. The van der Waals surface area contributed by atoms with Gasteiger partial charge in [0.05, 0.1) is 19.2 Å². The van der Waals surface area contributed by atoms with Crippen LogP contribution in [0.5, 0.6) is 0 Å². The van der Waals surface area contributed by atoms with E-state index < -0.39 is 5.54 Å². The zero-order chi connectivity index (χ0) is 12.3. The van der Waals surface area contributed by atoms with Gasteiger partial charge >= 0.3 is 0 Å². The van der Waals surface area contributed by atoms with Gasteiger partial charge in [0.1, 0.15) is 5.54 Å². The first-order chi connectivity index (χ1) is 8.14. The summed E-state index contributed by atoms with van der Waals surface area (Å²) in [6, 6.07) is 2.27. The third kappa shape index (κ3) is 3.19. The lowest BCUT2D eigenvalue weighted by Crippen LogP contribution is -3.14. The zero-order valence-electron chi connectivity index (χ0n) is 10.6. The largest absolute Gasteiger partial charge is 0.333 e. The van der Waals surface area contributed by atoms with E-state index in [4.69, 9.17) is 0 Å². The van der Waals surface area contributed by atoms with Gasteiger partial charge < -0.3 is 10.2 Å². The van der Waals surface area contributed by atoms with Crippen LogP contribution < -0.4 is 10.2 Å². The molecule has 0 bridgehead atoms. The zero-order valence-corrected chi connectivity index (χ0v) is 10.6. The van der Waals surface area contributed by atoms with Crippen LogP contribution in [0.2, 0.25) is 0 Å². The lowest BCUT2D eigenvalue weighted by Gasteiger charge is -2.26. The lowest BCUT2D eigenvalue weighted by molar-refractivity contribution is -0.896. The average molecular weight is 236 g/mol. The molecule has 2 N–H and O–H groups in total. The van der Waals surface area contributed by atoms with Crippen LogP contribution in [0.1, 0.15) is 39.0 Å². The van der Waals surface area contributed by atoms with Crippen molar-refractivity contribution in [1.29, 1.82) is 5.26 Å². The molecule has 2 fully saturated rings. The molecule has 0 spiro atoms. The van der Waals surface area contributed by atoms with E-state index in [1.54, 1.807) is 0 Å². The number of hydrogen-bond acceptors (Lipinski definition) is 2. The van der Waals surface area contributed by atoms with Gasteiger partial charge in [-0.1, -0.05) is 0 Å². The summed E-state index contributed by atoms with van der Waals surface area (Å²) in [5.74, 6) is 0.408. The molecule has 1 atom stereocenters. The third-order valence-electron chi connectivity index (χ3n) is 4.00. The highest BCUT2D eigenvalue weighted by Crippen LogP contribution is 2.39. The van der Waals surface area contributed by atoms with E-state index in [1.165, 1.54) is 24.2 Å². The molecule has 1 saturated carbocycles. The highest BCUT2D eigenvalue weighted by molar-refractivity contribution is 5.78. The fraction of sp³-hybridized carbons (Fsp3) is 0.846. The minimum atomic E-state index is -0.633. The van der Waals surface area contributed by atoms with Crippen LogP contribution in [0.3, 0.4) is 0 Å². The quantitative estimate of drug-likeness (QED) is 0.714. The summed E-state index contributed by atoms with van der Waals surface area (Å²) in [4.78, 5) is 13.3. The summed E-state index contributed by atoms with van der Waals surface area (Å²) in [6.07, 6.45) is 5.88. The van der Waals surface area contributed by atoms with Crippen molar-refractivity contribution in [1.82, 2.24) is 5.32 Å². The van der Waals surface area contributed by atoms with Gasteiger partial charge in [-0.3, -0.25) is 4.79 Å². The molecule has 17 heavy (non-hydrogen) atoms. The van der Waals surface area contributed by atoms with E-state index in [0.29, 0.717) is 12.5 Å². The first-order valence-electron chi connectivity index (χ1n) is 6.70. The van der Waals surface area contributed by atoms with E-state index in [9.17, 15) is 10.1 Å². The van der Waals surface area contributed by atoms with Crippen molar-refractivity contribution in [2.75, 3.05) is 19.6 Å². The maximum Gasteiger partial charge on any atom is 0.276 e. The molecular formula is C13H22N3O+. The summed E-state index contributed by atoms with van der Waals surface area (Å²) in [5, 5.41) is 12.1. The molecule has 4 heteroatoms. The van der Waals surface area contributed by atoms with E-state index in [-0.39, 0.29) is 5.91 Å². The summed E-state index contributed by atoms with van der Waals surface area (Å²) in [5.41, 5.74) is -0.633. The Bertz CT molecular complexity index is 326. The molecular weight excluding hydrogens is 214 g/mol. The topological polar surface area (TPSA) is 57.3 Å². The highest BCUT2D eigenvalue weighted by atomic mass is 16.2. The minimum Gasteiger partial charge on any atom is -0.333 e. The average Bonchev–Trinajstić information content (AvgIpc) is 3.14. The maximum atomic E-state index is 11.9. The van der Waals surface area contributed by atoms with Crippen LogP contribution in [-0.2, 0) is 4.79 Å². The molecule has 1 aliphatic carbocycles. The summed E-state index contributed by atoms with van der Waals surface area (Å²) >= 11 is 0. The van der Waals surface area contributed by atoms with Crippen molar-refractivity contribution in [3.05, 3.63) is 0 Å². The second-order valence-electron chi connectivity index (χ2n) is 5.62. The molecule has 0 aromatic rings. The monoisotopic (exact) mass is 236 g/mol. The molecule has 0 aromatic carbocycles. The number of likely N-dealkylation sites (tertiary alicyclic amines) is 1. The molecule has 0 aromatic heterocycles. The Balaban J connectivity index is 1.81. The molecule has 4 nitrogen and oxygen atoms in total. The molecule has 94 valence electrons. The van der Waals surface area contributed by atoms with Gasteiger partial charge in [-0.15, -0.1) is 0 Å². The number of carbonyl (C=O) groups excluding carboxylic acids is 1. The molecule has 0 unspecified atom stereocenters. The molecule has 1 aliphatic heterocycles. The van der Waals surface area contributed by atoms with Crippen molar-refractivity contribution in [3.8, 4) is 6.07 Å². The Hall–Kier alpha value is -1.08. The molecule has 1 heterocycles. The number of quaternary nitrogens is 1. The molecule has 2 rings (SSSR count). The van der Waals surface area contributed by atoms with Crippen molar-refractivity contribution in [3.63, 3.8) is 0 Å². The van der Waals surface area contributed by atoms with Gasteiger partial charge in [0.15, 0.2) is 6.54 Å². The Morgan fingerprint density at radius 3 is 2.59 bits per heavy atom. The Kier molecular flexibility index (Phi) is 3.68. The molecule has 2 aliphatic rings. The minimum absolute atomic E-state index is 0.0397. The van der Waals surface area contributed by atoms with Crippen molar-refractivity contribution < 1.29 is 9.69 Å². The number of carbonyl (C=O) groups is 1. The van der Waals surface area contributed by atoms with Gasteiger partial charge in [0.25, 0.3) is 5.91 Å². The van der Waals surface area contributed by atoms with Crippen LogP contribution in [0.4, 0.5) is 0 Å². The fourth-order valence-corrected chi connectivity index (χ4v) is 2.67. The van der Waals surface area contributed by atoms with Gasteiger partial charge in [0, 0.05) is 0 Å². The summed E-state index contributed by atoms with van der Waals surface area (Å²) in [6.45, 7) is 4.58. The first-order valence-corrected chi connectivity index (χ1v) is 6.70. The van der Waals surface area contributed by atoms with E-state index >= 15 is 0 Å². The number of nitrogens with zero attached hydrogens (tertiary/aromatic N) is 1. The fourth-order valence-electron chi connectivity index (χ4n) is 2.67. The first kappa shape index (κ1) is 12.4. The normalized spacial score (nSPS) is 24.7. The maximum absolute atomic E-state index is 11.9. The second kappa shape index (κ2) is 5.05. The number of amides is 1. The van der Waals surface area contributed by atoms with E-state index in [0.717, 1.165) is 25.9 Å². The standard InChI is InChI=1S/C13H21N3O/c1-13(10-14,11-5-6-11)15-12(17)9-16-7-3-2-4-8-16/h11H,2-9H2,1H3,(H,15,17)/p+1/t13-/m0/s1. The smallest absolute Gasteiger partial charge is 0.276 e.